The van der Waals surface area contributed by atoms with E-state index in [0.717, 1.165) is 29.2 Å². The number of rotatable bonds is 6. The van der Waals surface area contributed by atoms with Crippen LogP contribution in [0.1, 0.15) is 103 Å². The third kappa shape index (κ3) is 7.32. The zero-order valence-electron chi connectivity index (χ0n) is 47.4. The second kappa shape index (κ2) is 17.4. The summed E-state index contributed by atoms with van der Waals surface area (Å²) in [6.07, 6.45) is 2.34. The second-order valence-electron chi connectivity index (χ2n) is 26.0. The Morgan fingerprint density at radius 1 is 0.475 bits per heavy atom. The van der Waals surface area contributed by atoms with Gasteiger partial charge in [0, 0.05) is 76.5 Å². The van der Waals surface area contributed by atoms with E-state index >= 15 is 0 Å². The molecular weight excluding hydrogens is 986 g/mol. The number of hydrogen-bond donors (Lipinski definition) is 0. The highest BCUT2D eigenvalue weighted by Crippen LogP contribution is 2.60. The molecule has 3 aliphatic heterocycles. The summed E-state index contributed by atoms with van der Waals surface area (Å²) in [5.41, 5.74) is 26.7. The number of hydrogen-bond acceptors (Lipinski definition) is 4. The lowest BCUT2D eigenvalue weighted by Gasteiger charge is -2.52. The summed E-state index contributed by atoms with van der Waals surface area (Å²) in [6, 6.07) is 81.0. The molecule has 0 radical (unpaired) electrons. The Labute approximate surface area is 476 Å². The molecule has 4 aliphatic rings. The number of thiophene rings is 1. The Bertz CT molecular complexity index is 4300. The van der Waals surface area contributed by atoms with Gasteiger partial charge in [0.05, 0.1) is 5.69 Å². The number of anilines is 8. The summed E-state index contributed by atoms with van der Waals surface area (Å²) in [7, 11) is 0. The van der Waals surface area contributed by atoms with Crippen LogP contribution in [-0.4, -0.2) is 6.85 Å². The van der Waals surface area contributed by atoms with Crippen molar-refractivity contribution in [3.63, 3.8) is 0 Å². The highest BCUT2D eigenvalue weighted by atomic mass is 32.1. The van der Waals surface area contributed by atoms with Crippen LogP contribution in [0.15, 0.2) is 212 Å². The van der Waals surface area contributed by atoms with Gasteiger partial charge in [-0.1, -0.05) is 208 Å². The Morgan fingerprint density at radius 2 is 1.05 bits per heavy atom. The first kappa shape index (κ1) is 49.0. The smallest absolute Gasteiger partial charge is 0.333 e. The van der Waals surface area contributed by atoms with Gasteiger partial charge >= 0.3 is 6.85 Å². The molecule has 0 saturated carbocycles. The fourth-order valence-electron chi connectivity index (χ4n) is 14.3. The molecule has 1 aliphatic carbocycles. The van der Waals surface area contributed by atoms with Crippen LogP contribution in [-0.2, 0) is 21.7 Å². The molecule has 15 rings (SSSR count). The second-order valence-corrected chi connectivity index (χ2v) is 27.0. The van der Waals surface area contributed by atoms with Gasteiger partial charge < -0.3 is 14.6 Å². The minimum atomic E-state index is -0.273. The predicted molar refractivity (Wildman–Crippen MR) is 345 cm³/mol. The van der Waals surface area contributed by atoms with E-state index in [1.165, 1.54) is 121 Å². The lowest BCUT2D eigenvalue weighted by molar-refractivity contribution is 0.331. The van der Waals surface area contributed by atoms with Crippen LogP contribution in [0, 0.1) is 0 Å². The summed E-state index contributed by atoms with van der Waals surface area (Å²) in [6.45, 7) is 21.6. The molecule has 0 N–H and O–H groups in total. The first-order valence-corrected chi connectivity index (χ1v) is 29.6. The molecule has 0 fully saturated rings. The molecule has 4 heterocycles. The Balaban J connectivity index is 1.03. The third-order valence-electron chi connectivity index (χ3n) is 18.8. The molecule has 0 unspecified atom stereocenters. The van der Waals surface area contributed by atoms with Crippen molar-refractivity contribution >= 4 is 94.8 Å². The van der Waals surface area contributed by atoms with Gasteiger partial charge in [-0.3, -0.25) is 0 Å². The first-order valence-electron chi connectivity index (χ1n) is 28.8. The van der Waals surface area contributed by atoms with E-state index in [1.54, 1.807) is 0 Å². The number of nitrogens with zero attached hydrogens (tertiary/aromatic N) is 3. The SMILES string of the molecule is CC(C)(C)c1ccc(N(c2ccc(-c3ccccc3)cc2)c2ccc3c(c2)N(c2ccc(-c4ccccc4)cc2)B2c4cccc5c4N(c4cc6c(cc4C5(C)C)C(C)(C)CCC6(C)C)c4cc5c(sc6ccccc65)c-3c42)cc1. The summed E-state index contributed by atoms with van der Waals surface area (Å²) < 4.78 is 2.66. The van der Waals surface area contributed by atoms with Gasteiger partial charge in [0.15, 0.2) is 0 Å². The van der Waals surface area contributed by atoms with Crippen molar-refractivity contribution in [2.45, 2.75) is 96.8 Å². The van der Waals surface area contributed by atoms with Crippen LogP contribution in [0.3, 0.4) is 0 Å². The van der Waals surface area contributed by atoms with Gasteiger partial charge in [-0.2, -0.15) is 0 Å². The van der Waals surface area contributed by atoms with Crippen molar-refractivity contribution in [2.24, 2.45) is 0 Å². The van der Waals surface area contributed by atoms with Crippen LogP contribution >= 0.6 is 11.3 Å². The monoisotopic (exact) mass is 1050 g/mol. The first-order chi connectivity index (χ1) is 38.5. The highest BCUT2D eigenvalue weighted by Gasteiger charge is 2.51. The van der Waals surface area contributed by atoms with Gasteiger partial charge in [0.2, 0.25) is 0 Å². The van der Waals surface area contributed by atoms with E-state index in [1.807, 2.05) is 11.3 Å². The molecule has 3 nitrogen and oxygen atoms in total. The molecule has 0 amide bonds. The predicted octanol–water partition coefficient (Wildman–Crippen LogP) is 19.9. The standard InChI is InChI=1S/C75H66BN3S/c1-72(2,3)51-31-37-53(38-32-51)77(52-33-27-49(28-34-52)47-19-12-10-13-20-47)55-39-40-57-64(43-55)79(54-35-29-50(30-36-54)48-21-14-11-15-22-48)76-63-25-18-24-59-70(63)78(66-44-58-56-23-16-17-26-67(56)80-71(58)68(57)69(66)76)65-46-61-60(45-62(65)75(59,8)9)73(4,5)41-42-74(61,6)7/h10-40,43-46H,41-42H2,1-9H3. The number of fused-ring (bicyclic) bond motifs is 11. The van der Waals surface area contributed by atoms with Crippen molar-refractivity contribution in [3.8, 4) is 33.4 Å². The lowest BCUT2D eigenvalue weighted by Crippen LogP contribution is -2.62. The zero-order chi connectivity index (χ0) is 54.6. The molecule has 0 saturated heterocycles. The summed E-state index contributed by atoms with van der Waals surface area (Å²) in [5.74, 6) is 0. The van der Waals surface area contributed by atoms with E-state index in [-0.39, 0.29) is 28.5 Å². The summed E-state index contributed by atoms with van der Waals surface area (Å²) >= 11 is 1.95. The molecule has 11 aromatic rings. The maximum absolute atomic E-state index is 2.74. The molecule has 1 aromatic heterocycles. The van der Waals surface area contributed by atoms with Crippen molar-refractivity contribution < 1.29 is 0 Å². The molecule has 0 bridgehead atoms. The molecule has 0 spiro atoms. The minimum absolute atomic E-state index is 0.0175. The fourth-order valence-corrected chi connectivity index (χ4v) is 15.5. The largest absolute Gasteiger partial charge is 0.376 e. The minimum Gasteiger partial charge on any atom is -0.376 e. The lowest BCUT2D eigenvalue weighted by atomic mass is 9.42. The molecule has 390 valence electrons. The maximum Gasteiger partial charge on any atom is 0.333 e. The van der Waals surface area contributed by atoms with E-state index in [2.05, 4.69) is 289 Å². The average molecular weight is 1050 g/mol. The Hall–Kier alpha value is -8.12. The Morgan fingerprint density at radius 3 is 1.70 bits per heavy atom. The van der Waals surface area contributed by atoms with Crippen LogP contribution < -0.4 is 25.5 Å². The third-order valence-corrected chi connectivity index (χ3v) is 20.1. The number of benzene rings is 10. The van der Waals surface area contributed by atoms with Gasteiger partial charge in [-0.25, -0.2) is 0 Å². The van der Waals surface area contributed by atoms with Crippen LogP contribution in [0.25, 0.3) is 53.6 Å². The maximum atomic E-state index is 2.74. The summed E-state index contributed by atoms with van der Waals surface area (Å²) in [5, 5.41) is 2.63. The van der Waals surface area contributed by atoms with Crippen LogP contribution in [0.4, 0.5) is 45.5 Å². The van der Waals surface area contributed by atoms with E-state index in [9.17, 15) is 0 Å². The van der Waals surface area contributed by atoms with Crippen molar-refractivity contribution in [1.29, 1.82) is 0 Å². The van der Waals surface area contributed by atoms with Crippen molar-refractivity contribution in [3.05, 3.63) is 240 Å². The molecule has 0 atom stereocenters. The highest BCUT2D eigenvalue weighted by molar-refractivity contribution is 7.26. The average Bonchev–Trinajstić information content (AvgIpc) is 4.02. The van der Waals surface area contributed by atoms with Gasteiger partial charge in [0.1, 0.15) is 0 Å². The molecular formula is C75H66BN3S. The molecule has 80 heavy (non-hydrogen) atoms. The van der Waals surface area contributed by atoms with Crippen molar-refractivity contribution in [1.82, 2.24) is 0 Å². The van der Waals surface area contributed by atoms with E-state index in [0.29, 0.717) is 0 Å². The zero-order valence-corrected chi connectivity index (χ0v) is 48.3. The van der Waals surface area contributed by atoms with Crippen LogP contribution in [0.2, 0.25) is 0 Å². The molecule has 10 aromatic carbocycles. The van der Waals surface area contributed by atoms with Gasteiger partial charge in [0.25, 0.3) is 0 Å². The van der Waals surface area contributed by atoms with Crippen molar-refractivity contribution in [2.75, 3.05) is 14.6 Å². The van der Waals surface area contributed by atoms with E-state index < -0.39 is 0 Å². The summed E-state index contributed by atoms with van der Waals surface area (Å²) in [4.78, 5) is 7.92. The fraction of sp³-hybridized carbons (Fsp3) is 0.200. The quantitative estimate of drug-likeness (QED) is 0.154. The van der Waals surface area contributed by atoms with Gasteiger partial charge in [-0.05, 0) is 157 Å². The Kier molecular flexibility index (Phi) is 10.7. The van der Waals surface area contributed by atoms with E-state index in [4.69, 9.17) is 0 Å². The number of para-hydroxylation sites is 1. The molecule has 5 heteroatoms. The topological polar surface area (TPSA) is 9.72 Å². The van der Waals surface area contributed by atoms with Gasteiger partial charge in [-0.15, -0.1) is 11.3 Å². The van der Waals surface area contributed by atoms with Crippen LogP contribution in [0.5, 0.6) is 0 Å². The normalized spacial score (nSPS) is 15.9.